The highest BCUT2D eigenvalue weighted by atomic mass is 35.5. The molecule has 0 fully saturated rings. The first kappa shape index (κ1) is 9.36. The summed E-state index contributed by atoms with van der Waals surface area (Å²) in [6.45, 7) is 0. The van der Waals surface area contributed by atoms with Crippen molar-refractivity contribution >= 4 is 17.4 Å². The van der Waals surface area contributed by atoms with Crippen LogP contribution in [0.5, 0.6) is 0 Å². The molecule has 0 atom stereocenters. The smallest absolute Gasteiger partial charge is 0.234 e. The number of hydrogen-bond donors (Lipinski definition) is 0. The summed E-state index contributed by atoms with van der Waals surface area (Å²) in [4.78, 5) is 8.51. The van der Waals surface area contributed by atoms with Gasteiger partial charge in [-0.05, 0) is 18.2 Å². The van der Waals surface area contributed by atoms with Crippen LogP contribution in [0.25, 0.3) is 17.0 Å². The minimum Gasteiger partial charge on any atom is -0.281 e. The van der Waals surface area contributed by atoms with Gasteiger partial charge in [-0.1, -0.05) is 23.7 Å². The molecule has 16 heavy (non-hydrogen) atoms. The largest absolute Gasteiger partial charge is 0.281 e. The molecular formula is C12H7ClN3. The Morgan fingerprint density at radius 2 is 2.00 bits per heavy atom. The third-order valence-electron chi connectivity index (χ3n) is 2.28. The lowest BCUT2D eigenvalue weighted by atomic mass is 10.2. The van der Waals surface area contributed by atoms with E-state index in [1.165, 1.54) is 0 Å². The number of aromatic nitrogens is 3. The predicted molar refractivity (Wildman–Crippen MR) is 62.3 cm³/mol. The Hall–Kier alpha value is -1.87. The Kier molecular flexibility index (Phi) is 2.11. The van der Waals surface area contributed by atoms with Crippen LogP contribution in [0, 0.1) is 6.20 Å². The molecule has 2 aromatic heterocycles. The van der Waals surface area contributed by atoms with Crippen molar-refractivity contribution in [3.63, 3.8) is 0 Å². The Bertz CT molecular complexity index is 595. The highest BCUT2D eigenvalue weighted by molar-refractivity contribution is 6.30. The summed E-state index contributed by atoms with van der Waals surface area (Å²) in [6, 6.07) is 9.35. The van der Waals surface area contributed by atoms with Crippen molar-refractivity contribution in [3.05, 3.63) is 53.9 Å². The van der Waals surface area contributed by atoms with Crippen LogP contribution in [-0.2, 0) is 0 Å². The molecule has 4 heteroatoms. The van der Waals surface area contributed by atoms with E-state index >= 15 is 0 Å². The summed E-state index contributed by atoms with van der Waals surface area (Å²) >= 11 is 5.83. The maximum atomic E-state index is 5.83. The Balaban J connectivity index is 2.15. The third-order valence-corrected chi connectivity index (χ3v) is 2.53. The van der Waals surface area contributed by atoms with E-state index in [1.54, 1.807) is 10.6 Å². The number of nitrogens with zero attached hydrogens (tertiary/aromatic N) is 3. The fourth-order valence-electron chi connectivity index (χ4n) is 1.51. The van der Waals surface area contributed by atoms with E-state index in [2.05, 4.69) is 16.2 Å². The third kappa shape index (κ3) is 1.55. The molecule has 0 amide bonds. The average molecular weight is 229 g/mol. The number of rotatable bonds is 1. The van der Waals surface area contributed by atoms with Crippen molar-refractivity contribution in [2.45, 2.75) is 0 Å². The molecule has 0 bridgehead atoms. The number of benzene rings is 1. The van der Waals surface area contributed by atoms with Crippen molar-refractivity contribution in [1.29, 1.82) is 0 Å². The molecule has 3 aromatic rings. The van der Waals surface area contributed by atoms with Gasteiger partial charge in [-0.25, -0.2) is 9.97 Å². The molecule has 77 valence electrons. The van der Waals surface area contributed by atoms with Crippen molar-refractivity contribution in [2.24, 2.45) is 0 Å². The zero-order valence-corrected chi connectivity index (χ0v) is 9.02. The fourth-order valence-corrected chi connectivity index (χ4v) is 1.64. The van der Waals surface area contributed by atoms with Crippen LogP contribution in [0.3, 0.4) is 0 Å². The first-order valence-corrected chi connectivity index (χ1v) is 5.19. The topological polar surface area (TPSA) is 30.2 Å². The fraction of sp³-hybridized carbons (Fsp3) is 0. The molecule has 2 heterocycles. The Morgan fingerprint density at radius 1 is 1.19 bits per heavy atom. The van der Waals surface area contributed by atoms with Crippen LogP contribution >= 0.6 is 11.6 Å². The standard InChI is InChI=1S/C12H7ClN3/c13-10-4-2-9(3-5-10)11-8-16-7-1-6-14-12(16)15-11/h1-7H. The van der Waals surface area contributed by atoms with Gasteiger partial charge in [-0.15, -0.1) is 0 Å². The van der Waals surface area contributed by atoms with Gasteiger partial charge in [0, 0.05) is 23.0 Å². The molecule has 1 aromatic carbocycles. The Labute approximate surface area is 97.3 Å². The number of halogens is 1. The maximum Gasteiger partial charge on any atom is 0.234 e. The molecule has 0 aliphatic rings. The van der Waals surface area contributed by atoms with E-state index < -0.39 is 0 Å². The molecule has 0 aliphatic carbocycles. The zero-order chi connectivity index (χ0) is 11.0. The van der Waals surface area contributed by atoms with E-state index in [1.807, 2.05) is 36.5 Å². The van der Waals surface area contributed by atoms with E-state index in [0.29, 0.717) is 10.8 Å². The lowest BCUT2D eigenvalue weighted by Gasteiger charge is -1.94. The van der Waals surface area contributed by atoms with Gasteiger partial charge in [-0.2, -0.15) is 0 Å². The first-order valence-electron chi connectivity index (χ1n) is 4.81. The van der Waals surface area contributed by atoms with Gasteiger partial charge in [0.05, 0.1) is 0 Å². The molecule has 1 radical (unpaired) electrons. The lowest BCUT2D eigenvalue weighted by Crippen LogP contribution is -1.83. The number of fused-ring (bicyclic) bond motifs is 1. The van der Waals surface area contributed by atoms with E-state index in [4.69, 9.17) is 11.6 Å². The number of hydrogen-bond acceptors (Lipinski definition) is 2. The van der Waals surface area contributed by atoms with Crippen molar-refractivity contribution in [2.75, 3.05) is 0 Å². The minimum atomic E-state index is 0.646. The predicted octanol–water partition coefficient (Wildman–Crippen LogP) is 2.85. The first-order chi connectivity index (χ1) is 7.83. The molecule has 0 spiro atoms. The second kappa shape index (κ2) is 3.61. The molecule has 0 aliphatic heterocycles. The highest BCUT2D eigenvalue weighted by Crippen LogP contribution is 2.19. The van der Waals surface area contributed by atoms with Crippen LogP contribution in [-0.4, -0.2) is 14.4 Å². The summed E-state index contributed by atoms with van der Waals surface area (Å²) in [5.74, 6) is 0.646. The zero-order valence-electron chi connectivity index (χ0n) is 8.26. The minimum absolute atomic E-state index is 0.646. The molecule has 0 saturated heterocycles. The van der Waals surface area contributed by atoms with E-state index in [9.17, 15) is 0 Å². The van der Waals surface area contributed by atoms with E-state index in [-0.39, 0.29) is 0 Å². The van der Waals surface area contributed by atoms with Gasteiger partial charge in [0.15, 0.2) is 0 Å². The second-order valence-electron chi connectivity index (χ2n) is 3.37. The number of imidazole rings is 1. The van der Waals surface area contributed by atoms with Gasteiger partial charge >= 0.3 is 0 Å². The normalized spacial score (nSPS) is 10.8. The molecule has 0 unspecified atom stereocenters. The van der Waals surface area contributed by atoms with Gasteiger partial charge in [-0.3, -0.25) is 4.40 Å². The molecule has 3 nitrogen and oxygen atoms in total. The van der Waals surface area contributed by atoms with Crippen molar-refractivity contribution in [3.8, 4) is 11.3 Å². The van der Waals surface area contributed by atoms with Crippen LogP contribution in [0.1, 0.15) is 0 Å². The van der Waals surface area contributed by atoms with Crippen LogP contribution in [0.2, 0.25) is 5.02 Å². The van der Waals surface area contributed by atoms with Crippen LogP contribution < -0.4 is 0 Å². The van der Waals surface area contributed by atoms with Gasteiger partial charge in [0.1, 0.15) is 11.9 Å². The molecule has 0 N–H and O–H groups in total. The van der Waals surface area contributed by atoms with E-state index in [0.717, 1.165) is 11.3 Å². The summed E-state index contributed by atoms with van der Waals surface area (Å²) in [5.41, 5.74) is 1.75. The quantitative estimate of drug-likeness (QED) is 0.641. The summed E-state index contributed by atoms with van der Waals surface area (Å²) in [7, 11) is 0. The van der Waals surface area contributed by atoms with Crippen molar-refractivity contribution < 1.29 is 0 Å². The van der Waals surface area contributed by atoms with Gasteiger partial charge in [0.25, 0.3) is 0 Å². The van der Waals surface area contributed by atoms with Gasteiger partial charge in [0.2, 0.25) is 5.78 Å². The summed E-state index contributed by atoms with van der Waals surface area (Å²) in [6.07, 6.45) is 6.71. The summed E-state index contributed by atoms with van der Waals surface area (Å²) in [5, 5.41) is 0.714. The van der Waals surface area contributed by atoms with Gasteiger partial charge < -0.3 is 0 Å². The second-order valence-corrected chi connectivity index (χ2v) is 3.81. The van der Waals surface area contributed by atoms with Crippen LogP contribution in [0.15, 0.2) is 42.7 Å². The lowest BCUT2D eigenvalue weighted by molar-refractivity contribution is 1.10. The van der Waals surface area contributed by atoms with Crippen LogP contribution in [0.4, 0.5) is 0 Å². The average Bonchev–Trinajstić information content (AvgIpc) is 2.73. The molecule has 3 rings (SSSR count). The summed E-state index contributed by atoms with van der Waals surface area (Å²) < 4.78 is 1.77. The molecular weight excluding hydrogens is 222 g/mol. The monoisotopic (exact) mass is 228 g/mol. The Morgan fingerprint density at radius 3 is 2.75 bits per heavy atom. The van der Waals surface area contributed by atoms with Crippen molar-refractivity contribution in [1.82, 2.24) is 14.4 Å². The maximum absolute atomic E-state index is 5.83. The SMILES string of the molecule is Clc1ccc(-c2[c]n3cccnc3n2)cc1. The molecule has 0 saturated carbocycles. The highest BCUT2D eigenvalue weighted by Gasteiger charge is 2.04.